The van der Waals surface area contributed by atoms with Crippen LogP contribution in [-0.2, 0) is 0 Å². The Morgan fingerprint density at radius 2 is 1.83 bits per heavy atom. The minimum absolute atomic E-state index is 0.731. The van der Waals surface area contributed by atoms with Gasteiger partial charge in [0.25, 0.3) is 0 Å². The molecule has 1 aliphatic heterocycles. The molecule has 1 aromatic carbocycles. The second-order valence-corrected chi connectivity index (χ2v) is 5.02. The van der Waals surface area contributed by atoms with E-state index in [2.05, 4.69) is 11.8 Å². The van der Waals surface area contributed by atoms with E-state index in [1.165, 1.54) is 25.9 Å². The van der Waals surface area contributed by atoms with Gasteiger partial charge >= 0.3 is 0 Å². The van der Waals surface area contributed by atoms with Gasteiger partial charge in [-0.15, -0.1) is 0 Å². The van der Waals surface area contributed by atoms with Crippen molar-refractivity contribution in [2.24, 2.45) is 5.92 Å². The number of piperidine rings is 1. The zero-order chi connectivity index (χ0) is 12.8. The van der Waals surface area contributed by atoms with Gasteiger partial charge in [-0.2, -0.15) is 0 Å². The predicted octanol–water partition coefficient (Wildman–Crippen LogP) is 2.81. The van der Waals surface area contributed by atoms with Crippen molar-refractivity contribution < 1.29 is 9.47 Å². The van der Waals surface area contributed by atoms with Gasteiger partial charge in [0.15, 0.2) is 11.5 Å². The molecule has 0 N–H and O–H groups in total. The third kappa shape index (κ3) is 3.64. The van der Waals surface area contributed by atoms with Crippen molar-refractivity contribution >= 4 is 0 Å². The van der Waals surface area contributed by atoms with E-state index in [4.69, 9.17) is 9.47 Å². The highest BCUT2D eigenvalue weighted by Crippen LogP contribution is 2.25. The minimum Gasteiger partial charge on any atom is -0.493 e. The van der Waals surface area contributed by atoms with Gasteiger partial charge in [0.2, 0.25) is 0 Å². The molecule has 2 rings (SSSR count). The largest absolute Gasteiger partial charge is 0.493 e. The molecular formula is C15H23NO2. The molecule has 18 heavy (non-hydrogen) atoms. The summed E-state index contributed by atoms with van der Waals surface area (Å²) >= 11 is 0. The molecule has 0 bridgehead atoms. The van der Waals surface area contributed by atoms with Crippen LogP contribution in [0.4, 0.5) is 0 Å². The molecule has 0 amide bonds. The molecule has 1 heterocycles. The summed E-state index contributed by atoms with van der Waals surface area (Å²) in [5.74, 6) is 2.53. The first-order valence-electron chi connectivity index (χ1n) is 6.78. The number of para-hydroxylation sites is 2. The van der Waals surface area contributed by atoms with Crippen molar-refractivity contribution in [3.8, 4) is 11.5 Å². The van der Waals surface area contributed by atoms with Gasteiger partial charge in [0, 0.05) is 6.54 Å². The Labute approximate surface area is 110 Å². The number of methoxy groups -OCH3 is 1. The van der Waals surface area contributed by atoms with Crippen molar-refractivity contribution in [1.82, 2.24) is 4.90 Å². The highest BCUT2D eigenvalue weighted by molar-refractivity contribution is 5.39. The number of ether oxygens (including phenoxy) is 2. The van der Waals surface area contributed by atoms with E-state index in [1.54, 1.807) is 7.11 Å². The molecule has 0 spiro atoms. The van der Waals surface area contributed by atoms with Crippen molar-refractivity contribution in [2.75, 3.05) is 33.4 Å². The van der Waals surface area contributed by atoms with Gasteiger partial charge in [-0.05, 0) is 44.0 Å². The Hall–Kier alpha value is -1.22. The van der Waals surface area contributed by atoms with E-state index in [0.29, 0.717) is 0 Å². The second kappa shape index (κ2) is 6.64. The van der Waals surface area contributed by atoms with E-state index < -0.39 is 0 Å². The SMILES string of the molecule is COc1ccccc1OCCN1CCC(C)CC1. The van der Waals surface area contributed by atoms with Crippen LogP contribution >= 0.6 is 0 Å². The van der Waals surface area contributed by atoms with E-state index >= 15 is 0 Å². The quantitative estimate of drug-likeness (QED) is 0.801. The minimum atomic E-state index is 0.731. The number of hydrogen-bond donors (Lipinski definition) is 0. The number of nitrogens with zero attached hydrogens (tertiary/aromatic N) is 1. The Kier molecular flexibility index (Phi) is 4.88. The molecule has 0 atom stereocenters. The molecule has 0 saturated carbocycles. The van der Waals surface area contributed by atoms with Crippen molar-refractivity contribution in [3.63, 3.8) is 0 Å². The van der Waals surface area contributed by atoms with Crippen LogP contribution < -0.4 is 9.47 Å². The zero-order valence-corrected chi connectivity index (χ0v) is 11.4. The van der Waals surface area contributed by atoms with Gasteiger partial charge < -0.3 is 9.47 Å². The lowest BCUT2D eigenvalue weighted by molar-refractivity contribution is 0.158. The van der Waals surface area contributed by atoms with Crippen molar-refractivity contribution in [1.29, 1.82) is 0 Å². The second-order valence-electron chi connectivity index (χ2n) is 5.02. The first kappa shape index (κ1) is 13.2. The van der Waals surface area contributed by atoms with Crippen molar-refractivity contribution in [2.45, 2.75) is 19.8 Å². The summed E-state index contributed by atoms with van der Waals surface area (Å²) in [6.45, 7) is 6.48. The van der Waals surface area contributed by atoms with E-state index in [-0.39, 0.29) is 0 Å². The Morgan fingerprint density at radius 1 is 1.17 bits per heavy atom. The fraction of sp³-hybridized carbons (Fsp3) is 0.600. The van der Waals surface area contributed by atoms with Crippen LogP contribution in [0.15, 0.2) is 24.3 Å². The van der Waals surface area contributed by atoms with Crippen LogP contribution in [0.5, 0.6) is 11.5 Å². The van der Waals surface area contributed by atoms with E-state index in [0.717, 1.165) is 30.6 Å². The fourth-order valence-corrected chi connectivity index (χ4v) is 2.31. The lowest BCUT2D eigenvalue weighted by Crippen LogP contribution is -2.35. The standard InChI is InChI=1S/C15H23NO2/c1-13-7-9-16(10-8-13)11-12-18-15-6-4-3-5-14(15)17-2/h3-6,13H,7-12H2,1-2H3. The van der Waals surface area contributed by atoms with Crippen LogP contribution in [0.25, 0.3) is 0 Å². The summed E-state index contributed by atoms with van der Waals surface area (Å²) in [6.07, 6.45) is 2.63. The van der Waals surface area contributed by atoms with Gasteiger partial charge in [0.05, 0.1) is 7.11 Å². The van der Waals surface area contributed by atoms with E-state index in [9.17, 15) is 0 Å². The van der Waals surface area contributed by atoms with Crippen molar-refractivity contribution in [3.05, 3.63) is 24.3 Å². The summed E-state index contributed by atoms with van der Waals surface area (Å²) in [4.78, 5) is 2.48. The maximum Gasteiger partial charge on any atom is 0.161 e. The average Bonchev–Trinajstić information content (AvgIpc) is 2.41. The molecule has 0 aromatic heterocycles. The summed E-state index contributed by atoms with van der Waals surface area (Å²) in [7, 11) is 1.67. The maximum absolute atomic E-state index is 5.79. The third-order valence-corrected chi connectivity index (χ3v) is 3.61. The monoisotopic (exact) mass is 249 g/mol. The first-order valence-corrected chi connectivity index (χ1v) is 6.78. The number of rotatable bonds is 5. The highest BCUT2D eigenvalue weighted by Gasteiger charge is 2.15. The molecule has 0 radical (unpaired) electrons. The summed E-state index contributed by atoms with van der Waals surface area (Å²) in [5, 5.41) is 0. The molecule has 3 nitrogen and oxygen atoms in total. The lowest BCUT2D eigenvalue weighted by Gasteiger charge is -2.29. The van der Waals surface area contributed by atoms with Crippen LogP contribution in [0.3, 0.4) is 0 Å². The number of benzene rings is 1. The fourth-order valence-electron chi connectivity index (χ4n) is 2.31. The molecule has 100 valence electrons. The van der Waals surface area contributed by atoms with E-state index in [1.807, 2.05) is 24.3 Å². The Balaban J connectivity index is 1.75. The molecule has 3 heteroatoms. The molecule has 1 aliphatic rings. The van der Waals surface area contributed by atoms with Crippen LogP contribution in [-0.4, -0.2) is 38.3 Å². The lowest BCUT2D eigenvalue weighted by atomic mass is 9.99. The molecule has 0 aliphatic carbocycles. The molecule has 1 aromatic rings. The summed E-state index contributed by atoms with van der Waals surface area (Å²) < 4.78 is 11.1. The normalized spacial score (nSPS) is 17.7. The van der Waals surface area contributed by atoms with Crippen LogP contribution in [0, 0.1) is 5.92 Å². The predicted molar refractivity (Wildman–Crippen MR) is 73.3 cm³/mol. The van der Waals surface area contributed by atoms with Crippen LogP contribution in [0.2, 0.25) is 0 Å². The third-order valence-electron chi connectivity index (χ3n) is 3.61. The molecular weight excluding hydrogens is 226 g/mol. The molecule has 1 saturated heterocycles. The number of hydrogen-bond acceptors (Lipinski definition) is 3. The Bertz CT molecular complexity index is 359. The zero-order valence-electron chi connectivity index (χ0n) is 11.4. The molecule has 1 fully saturated rings. The highest BCUT2D eigenvalue weighted by atomic mass is 16.5. The smallest absolute Gasteiger partial charge is 0.161 e. The number of likely N-dealkylation sites (tertiary alicyclic amines) is 1. The molecule has 0 unspecified atom stereocenters. The average molecular weight is 249 g/mol. The Morgan fingerprint density at radius 3 is 2.50 bits per heavy atom. The van der Waals surface area contributed by atoms with Gasteiger partial charge in [-0.3, -0.25) is 4.90 Å². The van der Waals surface area contributed by atoms with Gasteiger partial charge in [-0.25, -0.2) is 0 Å². The van der Waals surface area contributed by atoms with Crippen LogP contribution in [0.1, 0.15) is 19.8 Å². The topological polar surface area (TPSA) is 21.7 Å². The summed E-state index contributed by atoms with van der Waals surface area (Å²) in [6, 6.07) is 7.81. The first-order chi connectivity index (χ1) is 8.79. The maximum atomic E-state index is 5.79. The van der Waals surface area contributed by atoms with Gasteiger partial charge in [-0.1, -0.05) is 19.1 Å². The van der Waals surface area contributed by atoms with Gasteiger partial charge in [0.1, 0.15) is 6.61 Å². The summed E-state index contributed by atoms with van der Waals surface area (Å²) in [5.41, 5.74) is 0.